The molecule has 8 heteroatoms. The van der Waals surface area contributed by atoms with E-state index in [0.717, 1.165) is 17.7 Å². The number of aromatic nitrogens is 1. The maximum Gasteiger partial charge on any atom is 0.290 e. The molecule has 0 spiro atoms. The van der Waals surface area contributed by atoms with E-state index in [9.17, 15) is 4.79 Å². The van der Waals surface area contributed by atoms with Gasteiger partial charge in [-0.05, 0) is 12.1 Å². The highest BCUT2D eigenvalue weighted by Crippen LogP contribution is 2.17. The number of nitrogens with one attached hydrogen (secondary N) is 4. The number of hydrogen-bond acceptors (Lipinski definition) is 7. The molecule has 1 aromatic heterocycles. The number of rotatable bonds is 5. The van der Waals surface area contributed by atoms with E-state index in [2.05, 4.69) is 26.9 Å². The van der Waals surface area contributed by atoms with Crippen molar-refractivity contribution in [1.82, 2.24) is 26.9 Å². The van der Waals surface area contributed by atoms with Crippen LogP contribution >= 0.6 is 11.8 Å². The third kappa shape index (κ3) is 2.93. The second kappa shape index (κ2) is 6.23. The molecule has 1 aromatic carbocycles. The van der Waals surface area contributed by atoms with Crippen LogP contribution in [-0.2, 0) is 0 Å². The SMILES string of the molecule is O=C(NCCSC1CNNN1)c1onc2ccccc12. The van der Waals surface area contributed by atoms with Gasteiger partial charge in [0.2, 0.25) is 5.76 Å². The first-order chi connectivity index (χ1) is 9.84. The van der Waals surface area contributed by atoms with Crippen molar-refractivity contribution in [2.45, 2.75) is 5.37 Å². The van der Waals surface area contributed by atoms with E-state index < -0.39 is 0 Å². The maximum atomic E-state index is 12.0. The van der Waals surface area contributed by atoms with Gasteiger partial charge in [-0.1, -0.05) is 17.3 Å². The molecule has 4 N–H and O–H groups in total. The summed E-state index contributed by atoms with van der Waals surface area (Å²) in [4.78, 5) is 12.0. The molecule has 2 aromatic rings. The summed E-state index contributed by atoms with van der Waals surface area (Å²) >= 11 is 1.73. The van der Waals surface area contributed by atoms with Crippen LogP contribution in [0.2, 0.25) is 0 Å². The lowest BCUT2D eigenvalue weighted by Crippen LogP contribution is -2.33. The molecule has 3 rings (SSSR count). The molecular formula is C12H15N5O2S. The number of amides is 1. The van der Waals surface area contributed by atoms with E-state index in [0.29, 0.717) is 17.4 Å². The summed E-state index contributed by atoms with van der Waals surface area (Å²) in [7, 11) is 0. The van der Waals surface area contributed by atoms with Crippen molar-refractivity contribution >= 4 is 28.6 Å². The van der Waals surface area contributed by atoms with Gasteiger partial charge in [0.15, 0.2) is 0 Å². The van der Waals surface area contributed by atoms with Gasteiger partial charge in [-0.15, -0.1) is 11.8 Å². The quantitative estimate of drug-likeness (QED) is 0.587. The molecule has 20 heavy (non-hydrogen) atoms. The van der Waals surface area contributed by atoms with Crippen molar-refractivity contribution in [3.05, 3.63) is 30.0 Å². The third-order valence-electron chi connectivity index (χ3n) is 2.91. The van der Waals surface area contributed by atoms with Crippen LogP contribution in [-0.4, -0.2) is 35.3 Å². The second-order valence-corrected chi connectivity index (χ2v) is 5.61. The van der Waals surface area contributed by atoms with Gasteiger partial charge in [0.05, 0.1) is 10.8 Å². The van der Waals surface area contributed by atoms with Crippen molar-refractivity contribution < 1.29 is 9.32 Å². The molecule has 7 nitrogen and oxygen atoms in total. The Bertz CT molecular complexity index is 596. The summed E-state index contributed by atoms with van der Waals surface area (Å²) in [5.41, 5.74) is 9.56. The van der Waals surface area contributed by atoms with E-state index in [1.54, 1.807) is 11.8 Å². The molecule has 2 heterocycles. The summed E-state index contributed by atoms with van der Waals surface area (Å²) in [6, 6.07) is 7.37. The summed E-state index contributed by atoms with van der Waals surface area (Å²) < 4.78 is 5.11. The normalized spacial score (nSPS) is 18.5. The highest BCUT2D eigenvalue weighted by atomic mass is 32.2. The zero-order chi connectivity index (χ0) is 13.8. The van der Waals surface area contributed by atoms with Crippen LogP contribution in [0.5, 0.6) is 0 Å². The summed E-state index contributed by atoms with van der Waals surface area (Å²) in [6.45, 7) is 1.43. The van der Waals surface area contributed by atoms with Gasteiger partial charge in [0, 0.05) is 18.8 Å². The Kier molecular flexibility index (Phi) is 4.16. The maximum absolute atomic E-state index is 12.0. The lowest BCUT2D eigenvalue weighted by atomic mass is 10.2. The van der Waals surface area contributed by atoms with Gasteiger partial charge in [0.1, 0.15) is 5.52 Å². The van der Waals surface area contributed by atoms with Gasteiger partial charge in [-0.25, -0.2) is 10.9 Å². The molecule has 0 bridgehead atoms. The van der Waals surface area contributed by atoms with E-state index in [4.69, 9.17) is 4.52 Å². The molecule has 1 saturated heterocycles. The molecule has 0 radical (unpaired) electrons. The van der Waals surface area contributed by atoms with Crippen molar-refractivity contribution in [3.63, 3.8) is 0 Å². The van der Waals surface area contributed by atoms with Crippen molar-refractivity contribution in [2.24, 2.45) is 0 Å². The molecule has 1 aliphatic rings. The Morgan fingerprint density at radius 1 is 1.50 bits per heavy atom. The molecule has 1 aliphatic heterocycles. The van der Waals surface area contributed by atoms with E-state index in [1.165, 1.54) is 0 Å². The minimum Gasteiger partial charge on any atom is -0.350 e. The summed E-state index contributed by atoms with van der Waals surface area (Å²) in [6.07, 6.45) is 0. The van der Waals surface area contributed by atoms with Gasteiger partial charge >= 0.3 is 0 Å². The van der Waals surface area contributed by atoms with Crippen LogP contribution in [0.15, 0.2) is 28.8 Å². The minimum absolute atomic E-state index is 0.227. The van der Waals surface area contributed by atoms with Gasteiger partial charge in [0.25, 0.3) is 5.91 Å². The monoisotopic (exact) mass is 293 g/mol. The van der Waals surface area contributed by atoms with Crippen LogP contribution in [0.4, 0.5) is 0 Å². The zero-order valence-corrected chi connectivity index (χ0v) is 11.5. The fourth-order valence-electron chi connectivity index (χ4n) is 1.93. The van der Waals surface area contributed by atoms with Gasteiger partial charge < -0.3 is 9.84 Å². The minimum atomic E-state index is -0.227. The predicted molar refractivity (Wildman–Crippen MR) is 76.9 cm³/mol. The highest BCUT2D eigenvalue weighted by molar-refractivity contribution is 7.99. The fourth-order valence-corrected chi connectivity index (χ4v) is 2.77. The second-order valence-electron chi connectivity index (χ2n) is 4.29. The van der Waals surface area contributed by atoms with E-state index in [1.807, 2.05) is 24.3 Å². The van der Waals surface area contributed by atoms with Crippen molar-refractivity contribution in [2.75, 3.05) is 18.8 Å². The third-order valence-corrected chi connectivity index (χ3v) is 4.03. The summed E-state index contributed by atoms with van der Waals surface area (Å²) in [5.74, 6) is 0.863. The number of carbonyl (C=O) groups is 1. The lowest BCUT2D eigenvalue weighted by molar-refractivity contribution is 0.0922. The smallest absolute Gasteiger partial charge is 0.290 e. The molecule has 0 saturated carbocycles. The Morgan fingerprint density at radius 3 is 3.25 bits per heavy atom. The number of benzene rings is 1. The topological polar surface area (TPSA) is 91.2 Å². The van der Waals surface area contributed by atoms with Gasteiger partial charge in [-0.3, -0.25) is 4.79 Å². The van der Waals surface area contributed by atoms with Crippen molar-refractivity contribution in [1.29, 1.82) is 0 Å². The average Bonchev–Trinajstić information content (AvgIpc) is 3.12. The van der Waals surface area contributed by atoms with Crippen LogP contribution in [0.25, 0.3) is 10.9 Å². The first-order valence-electron chi connectivity index (χ1n) is 6.32. The molecule has 1 fully saturated rings. The molecule has 1 unspecified atom stereocenters. The predicted octanol–water partition coefficient (Wildman–Crippen LogP) is 0.229. The van der Waals surface area contributed by atoms with E-state index in [-0.39, 0.29) is 11.7 Å². The molecular weight excluding hydrogens is 278 g/mol. The van der Waals surface area contributed by atoms with E-state index >= 15 is 0 Å². The fraction of sp³-hybridized carbons (Fsp3) is 0.333. The number of nitrogens with zero attached hydrogens (tertiary/aromatic N) is 1. The van der Waals surface area contributed by atoms with Crippen molar-refractivity contribution in [3.8, 4) is 0 Å². The number of carbonyl (C=O) groups excluding carboxylic acids is 1. The Labute approximate surface area is 119 Å². The molecule has 1 atom stereocenters. The Hall–Kier alpha value is -1.61. The standard InChI is InChI=1S/C12H15N5O2S/c18-12(13-5-6-20-10-7-14-17-15-10)11-8-3-1-2-4-9(8)16-19-11/h1-4,10,14-15,17H,5-7H2,(H,13,18). The summed E-state index contributed by atoms with van der Waals surface area (Å²) in [5, 5.41) is 7.76. The lowest BCUT2D eigenvalue weighted by Gasteiger charge is -2.08. The van der Waals surface area contributed by atoms with Crippen LogP contribution in [0.1, 0.15) is 10.6 Å². The molecule has 1 amide bonds. The molecule has 0 aliphatic carbocycles. The zero-order valence-electron chi connectivity index (χ0n) is 10.7. The number of hydrazine groups is 2. The number of fused-ring (bicyclic) bond motifs is 1. The van der Waals surface area contributed by atoms with Gasteiger partial charge in [-0.2, -0.15) is 5.53 Å². The number of hydrogen-bond donors (Lipinski definition) is 4. The first kappa shape index (κ1) is 13.4. The Morgan fingerprint density at radius 2 is 2.40 bits per heavy atom. The highest BCUT2D eigenvalue weighted by Gasteiger charge is 2.16. The average molecular weight is 293 g/mol. The Balaban J connectivity index is 1.51. The largest absolute Gasteiger partial charge is 0.350 e. The van der Waals surface area contributed by atoms with Crippen LogP contribution in [0.3, 0.4) is 0 Å². The van der Waals surface area contributed by atoms with Crippen LogP contribution in [0, 0.1) is 0 Å². The first-order valence-corrected chi connectivity index (χ1v) is 7.37. The molecule has 106 valence electrons. The number of thioether (sulfide) groups is 1. The van der Waals surface area contributed by atoms with Crippen LogP contribution < -0.4 is 21.7 Å².